The molecule has 2 atom stereocenters. The smallest absolute Gasteiger partial charge is 0.227 e. The number of thiophene rings is 1. The number of ether oxygens (including phenoxy) is 1. The molecule has 0 radical (unpaired) electrons. The lowest BCUT2D eigenvalue weighted by atomic mass is 10.1. The van der Waals surface area contributed by atoms with Crippen molar-refractivity contribution in [3.05, 3.63) is 40.8 Å². The number of rotatable bonds is 3. The van der Waals surface area contributed by atoms with E-state index in [4.69, 9.17) is 4.74 Å². The first kappa shape index (κ1) is 14.6. The summed E-state index contributed by atoms with van der Waals surface area (Å²) in [5.41, 5.74) is 1.08. The minimum absolute atomic E-state index is 0.0407. The Kier molecular flexibility index (Phi) is 3.97. The van der Waals surface area contributed by atoms with Crippen molar-refractivity contribution in [3.63, 3.8) is 0 Å². The molecule has 0 saturated carbocycles. The van der Waals surface area contributed by atoms with Crippen molar-refractivity contribution in [2.75, 3.05) is 31.1 Å². The van der Waals surface area contributed by atoms with Crippen LogP contribution in [0.1, 0.15) is 5.56 Å². The van der Waals surface area contributed by atoms with Crippen molar-refractivity contribution < 1.29 is 9.53 Å². The Hall–Kier alpha value is -1.99. The highest BCUT2D eigenvalue weighted by atomic mass is 32.1. The largest absolute Gasteiger partial charge is 0.372 e. The van der Waals surface area contributed by atoms with E-state index in [-0.39, 0.29) is 18.1 Å². The van der Waals surface area contributed by atoms with E-state index in [1.54, 1.807) is 23.7 Å². The molecule has 2 saturated heterocycles. The van der Waals surface area contributed by atoms with Crippen molar-refractivity contribution in [1.29, 1.82) is 0 Å². The highest BCUT2D eigenvalue weighted by Crippen LogP contribution is 2.26. The molecule has 0 spiro atoms. The monoisotopic (exact) mass is 330 g/mol. The van der Waals surface area contributed by atoms with Crippen molar-refractivity contribution in [2.24, 2.45) is 0 Å². The van der Waals surface area contributed by atoms with Gasteiger partial charge in [0.1, 0.15) is 0 Å². The van der Waals surface area contributed by atoms with Crippen molar-refractivity contribution in [3.8, 4) is 0 Å². The number of amides is 1. The molecule has 2 aromatic rings. The third kappa shape index (κ3) is 2.94. The summed E-state index contributed by atoms with van der Waals surface area (Å²) in [5, 5.41) is 4.03. The Labute approximate surface area is 138 Å². The van der Waals surface area contributed by atoms with E-state index in [1.165, 1.54) is 0 Å². The van der Waals surface area contributed by atoms with Crippen LogP contribution in [0.15, 0.2) is 35.3 Å². The number of nitrogens with zero attached hydrogens (tertiary/aromatic N) is 4. The van der Waals surface area contributed by atoms with Gasteiger partial charge in [-0.05, 0) is 28.5 Å². The van der Waals surface area contributed by atoms with Gasteiger partial charge in [-0.15, -0.1) is 0 Å². The van der Waals surface area contributed by atoms with E-state index >= 15 is 0 Å². The van der Waals surface area contributed by atoms with Crippen molar-refractivity contribution in [2.45, 2.75) is 18.6 Å². The van der Waals surface area contributed by atoms with Crippen LogP contribution in [0, 0.1) is 0 Å². The minimum atomic E-state index is 0.0407. The van der Waals surface area contributed by atoms with Gasteiger partial charge in [0, 0.05) is 32.0 Å². The second-order valence-electron chi connectivity index (χ2n) is 5.83. The minimum Gasteiger partial charge on any atom is -0.372 e. The van der Waals surface area contributed by atoms with Gasteiger partial charge in [0.2, 0.25) is 11.9 Å². The number of carbonyl (C=O) groups is 1. The van der Waals surface area contributed by atoms with Crippen molar-refractivity contribution >= 4 is 23.2 Å². The zero-order valence-corrected chi connectivity index (χ0v) is 13.5. The number of morpholine rings is 1. The predicted octanol–water partition coefficient (Wildman–Crippen LogP) is 1.20. The maximum Gasteiger partial charge on any atom is 0.227 e. The quantitative estimate of drug-likeness (QED) is 0.846. The molecule has 2 aliphatic rings. The van der Waals surface area contributed by atoms with Gasteiger partial charge in [-0.3, -0.25) is 4.79 Å². The Morgan fingerprint density at radius 3 is 3.00 bits per heavy atom. The first-order chi connectivity index (χ1) is 11.3. The Morgan fingerprint density at radius 1 is 1.35 bits per heavy atom. The first-order valence-electron chi connectivity index (χ1n) is 7.75. The molecule has 2 aromatic heterocycles. The third-order valence-electron chi connectivity index (χ3n) is 4.40. The lowest BCUT2D eigenvalue weighted by molar-refractivity contribution is -0.129. The van der Waals surface area contributed by atoms with E-state index in [9.17, 15) is 4.79 Å². The molecule has 0 bridgehead atoms. The summed E-state index contributed by atoms with van der Waals surface area (Å²) >= 11 is 1.62. The van der Waals surface area contributed by atoms with Gasteiger partial charge in [0.15, 0.2) is 0 Å². The highest BCUT2D eigenvalue weighted by molar-refractivity contribution is 7.08. The number of hydrogen-bond acceptors (Lipinski definition) is 6. The summed E-state index contributed by atoms with van der Waals surface area (Å²) in [6.45, 7) is 2.73. The summed E-state index contributed by atoms with van der Waals surface area (Å²) in [5.74, 6) is 0.883. The molecular formula is C16H18N4O2S. The molecule has 1 amide bonds. The molecule has 2 aliphatic heterocycles. The fourth-order valence-electron chi connectivity index (χ4n) is 3.26. The van der Waals surface area contributed by atoms with Gasteiger partial charge < -0.3 is 14.5 Å². The molecule has 4 heterocycles. The summed E-state index contributed by atoms with van der Waals surface area (Å²) in [6.07, 6.45) is 4.01. The lowest BCUT2D eigenvalue weighted by Crippen LogP contribution is -2.51. The number of aromatic nitrogens is 2. The number of carbonyl (C=O) groups excluding carboxylic acids is 1. The van der Waals surface area contributed by atoms with Gasteiger partial charge >= 0.3 is 0 Å². The standard InChI is InChI=1S/C16H18N4O2S/c21-15(8-12-2-7-23-11-12)19-9-13-14(10-19)22-6-5-20(13)16-17-3-1-4-18-16/h1-4,7,11,13-14H,5-6,8-10H2/t13-,14+/m1/s1. The molecule has 7 heteroatoms. The Morgan fingerprint density at radius 2 is 2.22 bits per heavy atom. The van der Waals surface area contributed by atoms with Gasteiger partial charge in [-0.1, -0.05) is 0 Å². The van der Waals surface area contributed by atoms with Gasteiger partial charge in [0.05, 0.1) is 25.2 Å². The van der Waals surface area contributed by atoms with Crippen LogP contribution in [0.2, 0.25) is 0 Å². The molecule has 2 fully saturated rings. The summed E-state index contributed by atoms with van der Waals surface area (Å²) in [4.78, 5) is 25.3. The average molecular weight is 330 g/mol. The van der Waals surface area contributed by atoms with Gasteiger partial charge in [-0.2, -0.15) is 11.3 Å². The molecule has 120 valence electrons. The summed E-state index contributed by atoms with van der Waals surface area (Å²) < 4.78 is 5.88. The second-order valence-corrected chi connectivity index (χ2v) is 6.61. The maximum absolute atomic E-state index is 12.5. The second kappa shape index (κ2) is 6.25. The highest BCUT2D eigenvalue weighted by Gasteiger charge is 2.42. The van der Waals surface area contributed by atoms with Crippen LogP contribution in [0.5, 0.6) is 0 Å². The predicted molar refractivity (Wildman–Crippen MR) is 87.5 cm³/mol. The Balaban J connectivity index is 1.47. The number of likely N-dealkylation sites (tertiary alicyclic amines) is 1. The van der Waals surface area contributed by atoms with E-state index in [2.05, 4.69) is 14.9 Å². The molecule has 23 heavy (non-hydrogen) atoms. The number of hydrogen-bond donors (Lipinski definition) is 0. The zero-order valence-electron chi connectivity index (χ0n) is 12.7. The fourth-order valence-corrected chi connectivity index (χ4v) is 3.93. The first-order valence-corrected chi connectivity index (χ1v) is 8.69. The Bertz CT molecular complexity index is 664. The normalized spacial score (nSPS) is 23.8. The van der Waals surface area contributed by atoms with Crippen LogP contribution in [-0.2, 0) is 16.0 Å². The van der Waals surface area contributed by atoms with Crippen molar-refractivity contribution in [1.82, 2.24) is 14.9 Å². The van der Waals surface area contributed by atoms with E-state index < -0.39 is 0 Å². The summed E-state index contributed by atoms with van der Waals surface area (Å²) in [7, 11) is 0. The third-order valence-corrected chi connectivity index (χ3v) is 5.13. The van der Waals surface area contributed by atoms with Gasteiger partial charge in [-0.25, -0.2) is 9.97 Å². The zero-order chi connectivity index (χ0) is 15.6. The lowest BCUT2D eigenvalue weighted by Gasteiger charge is -2.36. The van der Waals surface area contributed by atoms with Crippen LogP contribution in [0.25, 0.3) is 0 Å². The van der Waals surface area contributed by atoms with Crippen LogP contribution in [-0.4, -0.2) is 59.2 Å². The molecular weight excluding hydrogens is 312 g/mol. The molecule has 4 rings (SSSR count). The SMILES string of the molecule is O=C(Cc1ccsc1)N1C[C@@H]2OCCN(c3ncccn3)[C@@H]2C1. The molecule has 0 aromatic carbocycles. The van der Waals surface area contributed by atoms with Crippen LogP contribution < -0.4 is 4.90 Å². The van der Waals surface area contributed by atoms with E-state index in [0.29, 0.717) is 26.1 Å². The van der Waals surface area contributed by atoms with Crippen LogP contribution >= 0.6 is 11.3 Å². The van der Waals surface area contributed by atoms with Crippen LogP contribution in [0.4, 0.5) is 5.95 Å². The topological polar surface area (TPSA) is 58.6 Å². The molecule has 0 unspecified atom stereocenters. The molecule has 0 N–H and O–H groups in total. The molecule has 0 aliphatic carbocycles. The number of fused-ring (bicyclic) bond motifs is 1. The fraction of sp³-hybridized carbons (Fsp3) is 0.438. The number of anilines is 1. The summed E-state index contributed by atoms with van der Waals surface area (Å²) in [6, 6.07) is 3.96. The van der Waals surface area contributed by atoms with E-state index in [1.807, 2.05) is 27.8 Å². The van der Waals surface area contributed by atoms with Crippen LogP contribution in [0.3, 0.4) is 0 Å². The molecule has 6 nitrogen and oxygen atoms in total. The van der Waals surface area contributed by atoms with E-state index in [0.717, 1.165) is 18.1 Å². The van der Waals surface area contributed by atoms with Gasteiger partial charge in [0.25, 0.3) is 0 Å². The maximum atomic E-state index is 12.5. The average Bonchev–Trinajstić information content (AvgIpc) is 3.24.